The summed E-state index contributed by atoms with van der Waals surface area (Å²) in [6, 6.07) is 8.08. The first-order chi connectivity index (χ1) is 9.83. The Labute approximate surface area is 121 Å². The summed E-state index contributed by atoms with van der Waals surface area (Å²) >= 11 is 0. The molecule has 1 aromatic carbocycles. The average molecular weight is 270 g/mol. The van der Waals surface area contributed by atoms with Crippen molar-refractivity contribution in [2.75, 3.05) is 13.2 Å². The Bertz CT molecular complexity index is 470. The van der Waals surface area contributed by atoms with E-state index in [1.54, 1.807) is 0 Å². The van der Waals surface area contributed by atoms with Crippen molar-refractivity contribution < 1.29 is 9.47 Å². The lowest BCUT2D eigenvalue weighted by Gasteiger charge is -2.29. The molecule has 1 aromatic rings. The van der Waals surface area contributed by atoms with Crippen LogP contribution in [-0.2, 0) is 9.47 Å². The molecule has 2 nitrogen and oxygen atoms in total. The van der Waals surface area contributed by atoms with Crippen LogP contribution in [0.3, 0.4) is 0 Å². The normalized spacial score (nSPS) is 21.9. The van der Waals surface area contributed by atoms with Gasteiger partial charge in [0, 0.05) is 17.0 Å². The highest BCUT2D eigenvalue weighted by Crippen LogP contribution is 2.27. The molecule has 0 aliphatic carbocycles. The minimum atomic E-state index is -0.228. The van der Waals surface area contributed by atoms with Gasteiger partial charge in [-0.05, 0) is 38.3 Å². The van der Waals surface area contributed by atoms with Crippen LogP contribution >= 0.6 is 0 Å². The molecule has 0 bridgehead atoms. The van der Waals surface area contributed by atoms with E-state index in [2.05, 4.69) is 18.4 Å². The molecule has 0 spiro atoms. The molecule has 20 heavy (non-hydrogen) atoms. The van der Waals surface area contributed by atoms with Crippen LogP contribution in [0.4, 0.5) is 0 Å². The van der Waals surface area contributed by atoms with Gasteiger partial charge in [-0.15, -0.1) is 12.5 Å². The topological polar surface area (TPSA) is 18.5 Å². The van der Waals surface area contributed by atoms with Gasteiger partial charge in [0.05, 0.1) is 13.2 Å². The Kier molecular flexibility index (Phi) is 5.86. The summed E-state index contributed by atoms with van der Waals surface area (Å²) in [5.41, 5.74) is 2.09. The molecule has 0 N–H and O–H groups in total. The maximum absolute atomic E-state index is 5.82. The zero-order valence-electron chi connectivity index (χ0n) is 12.1. The fraction of sp³-hybridized carbons (Fsp3) is 0.444. The summed E-state index contributed by atoms with van der Waals surface area (Å²) in [4.78, 5) is 0. The molecule has 1 heterocycles. The molecule has 0 atom stereocenters. The molecule has 0 radical (unpaired) electrons. The summed E-state index contributed by atoms with van der Waals surface area (Å²) in [5.74, 6) is 6.44. The zero-order valence-corrected chi connectivity index (χ0v) is 12.1. The first-order valence-corrected chi connectivity index (χ1v) is 7.20. The minimum absolute atomic E-state index is 0.228. The van der Waals surface area contributed by atoms with Crippen LogP contribution in [0.2, 0.25) is 0 Å². The van der Waals surface area contributed by atoms with E-state index in [1.807, 2.05) is 37.3 Å². The Balaban J connectivity index is 1.83. The van der Waals surface area contributed by atoms with Gasteiger partial charge in [0.2, 0.25) is 0 Å². The van der Waals surface area contributed by atoms with Crippen LogP contribution in [0.1, 0.15) is 43.6 Å². The highest BCUT2D eigenvalue weighted by atomic mass is 16.7. The predicted molar refractivity (Wildman–Crippen MR) is 81.2 cm³/mol. The van der Waals surface area contributed by atoms with E-state index in [4.69, 9.17) is 9.47 Å². The molecular formula is C18H22O2. The Hall–Kier alpha value is -1.56. The number of rotatable bonds is 5. The van der Waals surface area contributed by atoms with Crippen LogP contribution in [0.25, 0.3) is 0 Å². The molecule has 0 unspecified atom stereocenters. The van der Waals surface area contributed by atoms with Crippen molar-refractivity contribution in [2.24, 2.45) is 5.92 Å². The standard InChI is InChI=1S/C18H22O2/c1-3-5-6-8-16-13-19-18(20-14-16)17-11-9-15(7-4-2)10-12-17/h3,9-12,16,18H,1,5-6,8,13-14H2,2H3/t16-,18-. The fourth-order valence-electron chi connectivity index (χ4n) is 2.32. The number of hydrogen-bond acceptors (Lipinski definition) is 2. The van der Waals surface area contributed by atoms with Crippen LogP contribution in [0.5, 0.6) is 0 Å². The molecule has 1 aliphatic rings. The molecule has 2 heteroatoms. The second-order valence-electron chi connectivity index (χ2n) is 5.08. The summed E-state index contributed by atoms with van der Waals surface area (Å²) in [6.45, 7) is 7.14. The second-order valence-corrected chi connectivity index (χ2v) is 5.08. The lowest BCUT2D eigenvalue weighted by molar-refractivity contribution is -0.206. The largest absolute Gasteiger partial charge is 0.348 e. The highest BCUT2D eigenvalue weighted by Gasteiger charge is 2.22. The third-order valence-corrected chi connectivity index (χ3v) is 3.44. The summed E-state index contributed by atoms with van der Waals surface area (Å²) < 4.78 is 11.6. The molecule has 0 amide bonds. The third-order valence-electron chi connectivity index (χ3n) is 3.44. The Morgan fingerprint density at radius 3 is 2.55 bits per heavy atom. The summed E-state index contributed by atoms with van der Waals surface area (Å²) in [6.07, 6.45) is 5.11. The van der Waals surface area contributed by atoms with Crippen LogP contribution in [0, 0.1) is 17.8 Å². The number of allylic oxidation sites excluding steroid dienone is 1. The Morgan fingerprint density at radius 1 is 1.25 bits per heavy atom. The SMILES string of the molecule is C=CCCC[C@H]1CO[C@H](c2ccc(C#CC)cc2)OC1. The van der Waals surface area contributed by atoms with E-state index < -0.39 is 0 Å². The lowest BCUT2D eigenvalue weighted by atomic mass is 10.0. The summed E-state index contributed by atoms with van der Waals surface area (Å²) in [7, 11) is 0. The average Bonchev–Trinajstić information content (AvgIpc) is 2.49. The molecule has 0 saturated carbocycles. The van der Waals surface area contributed by atoms with Gasteiger partial charge in [-0.25, -0.2) is 0 Å². The number of hydrogen-bond donors (Lipinski definition) is 0. The maximum Gasteiger partial charge on any atom is 0.183 e. The van der Waals surface area contributed by atoms with E-state index in [-0.39, 0.29) is 6.29 Å². The van der Waals surface area contributed by atoms with Gasteiger partial charge in [-0.2, -0.15) is 0 Å². The Morgan fingerprint density at radius 2 is 1.95 bits per heavy atom. The van der Waals surface area contributed by atoms with E-state index in [1.165, 1.54) is 0 Å². The van der Waals surface area contributed by atoms with Crippen molar-refractivity contribution in [1.29, 1.82) is 0 Å². The van der Waals surface area contributed by atoms with E-state index >= 15 is 0 Å². The molecule has 2 rings (SSSR count). The monoisotopic (exact) mass is 270 g/mol. The van der Waals surface area contributed by atoms with Gasteiger partial charge in [-0.3, -0.25) is 0 Å². The third kappa shape index (κ3) is 4.23. The molecule has 1 aliphatic heterocycles. The van der Waals surface area contributed by atoms with Gasteiger partial charge in [-0.1, -0.05) is 24.1 Å². The molecule has 1 saturated heterocycles. The van der Waals surface area contributed by atoms with Crippen LogP contribution < -0.4 is 0 Å². The van der Waals surface area contributed by atoms with Gasteiger partial charge in [0.15, 0.2) is 6.29 Å². The van der Waals surface area contributed by atoms with E-state index in [0.29, 0.717) is 5.92 Å². The predicted octanol–water partition coefficient (Wildman–Crippen LogP) is 4.08. The minimum Gasteiger partial charge on any atom is -0.348 e. The fourth-order valence-corrected chi connectivity index (χ4v) is 2.32. The number of ether oxygens (including phenoxy) is 2. The smallest absolute Gasteiger partial charge is 0.183 e. The van der Waals surface area contributed by atoms with Crippen molar-refractivity contribution in [3.8, 4) is 11.8 Å². The van der Waals surface area contributed by atoms with E-state index in [0.717, 1.165) is 43.6 Å². The van der Waals surface area contributed by atoms with Gasteiger partial charge in [0.25, 0.3) is 0 Å². The molecule has 1 fully saturated rings. The first kappa shape index (κ1) is 14.8. The van der Waals surface area contributed by atoms with Crippen LogP contribution in [-0.4, -0.2) is 13.2 Å². The van der Waals surface area contributed by atoms with Crippen molar-refractivity contribution in [3.05, 3.63) is 48.0 Å². The van der Waals surface area contributed by atoms with Gasteiger partial charge in [0.1, 0.15) is 0 Å². The van der Waals surface area contributed by atoms with Crippen LogP contribution in [0.15, 0.2) is 36.9 Å². The molecule has 0 aromatic heterocycles. The number of unbranched alkanes of at least 4 members (excludes halogenated alkanes) is 1. The zero-order chi connectivity index (χ0) is 14.2. The van der Waals surface area contributed by atoms with Gasteiger partial charge < -0.3 is 9.47 Å². The maximum atomic E-state index is 5.82. The highest BCUT2D eigenvalue weighted by molar-refractivity contribution is 5.36. The first-order valence-electron chi connectivity index (χ1n) is 7.20. The van der Waals surface area contributed by atoms with Crippen molar-refractivity contribution >= 4 is 0 Å². The molecular weight excluding hydrogens is 248 g/mol. The van der Waals surface area contributed by atoms with E-state index in [9.17, 15) is 0 Å². The number of benzene rings is 1. The summed E-state index contributed by atoms with van der Waals surface area (Å²) in [5, 5.41) is 0. The van der Waals surface area contributed by atoms with Gasteiger partial charge >= 0.3 is 0 Å². The quantitative estimate of drug-likeness (QED) is 0.456. The second kappa shape index (κ2) is 7.89. The molecule has 106 valence electrons. The van der Waals surface area contributed by atoms with Crippen molar-refractivity contribution in [3.63, 3.8) is 0 Å². The van der Waals surface area contributed by atoms with Crippen molar-refractivity contribution in [2.45, 2.75) is 32.5 Å². The lowest BCUT2D eigenvalue weighted by Crippen LogP contribution is -2.27. The van der Waals surface area contributed by atoms with Crippen molar-refractivity contribution in [1.82, 2.24) is 0 Å².